The molecule has 0 aliphatic rings. The van der Waals surface area contributed by atoms with Gasteiger partial charge in [0.1, 0.15) is 0 Å². The Bertz CT molecular complexity index is 949. The first-order chi connectivity index (χ1) is 13.3. The van der Waals surface area contributed by atoms with Gasteiger partial charge in [0.2, 0.25) is 15.8 Å². The standard InChI is InChI=1S/C18H21FN2O6S/c1-3-26-17-8-5-13(11-18(17)27-4-2)9-10-20-28(24,25)14-6-7-15(19)16(12-14)21(22)23/h5-8,11-12,20H,3-4,9-10H2,1-2H3. The third-order valence-electron chi connectivity index (χ3n) is 3.74. The van der Waals surface area contributed by atoms with Crippen LogP contribution in [0.5, 0.6) is 11.5 Å². The van der Waals surface area contributed by atoms with Crippen LogP contribution in [0, 0.1) is 15.9 Å². The van der Waals surface area contributed by atoms with Gasteiger partial charge in [-0.15, -0.1) is 0 Å². The van der Waals surface area contributed by atoms with Gasteiger partial charge in [-0.25, -0.2) is 13.1 Å². The van der Waals surface area contributed by atoms with Crippen LogP contribution in [0.3, 0.4) is 0 Å². The third-order valence-corrected chi connectivity index (χ3v) is 5.20. The molecule has 0 unspecified atom stereocenters. The number of nitrogens with one attached hydrogen (secondary N) is 1. The van der Waals surface area contributed by atoms with E-state index in [-0.39, 0.29) is 11.4 Å². The average molecular weight is 412 g/mol. The van der Waals surface area contributed by atoms with Gasteiger partial charge in [0.25, 0.3) is 0 Å². The van der Waals surface area contributed by atoms with E-state index >= 15 is 0 Å². The highest BCUT2D eigenvalue weighted by Gasteiger charge is 2.21. The van der Waals surface area contributed by atoms with Crippen LogP contribution >= 0.6 is 0 Å². The minimum Gasteiger partial charge on any atom is -0.490 e. The monoisotopic (exact) mass is 412 g/mol. The van der Waals surface area contributed by atoms with Gasteiger partial charge in [0, 0.05) is 12.6 Å². The average Bonchev–Trinajstić information content (AvgIpc) is 2.64. The number of hydrogen-bond donors (Lipinski definition) is 1. The zero-order valence-corrected chi connectivity index (χ0v) is 16.3. The number of nitro benzene ring substituents is 1. The Balaban J connectivity index is 2.09. The maximum atomic E-state index is 13.4. The van der Waals surface area contributed by atoms with E-state index in [1.807, 2.05) is 13.8 Å². The number of rotatable bonds is 10. The van der Waals surface area contributed by atoms with E-state index in [0.29, 0.717) is 37.2 Å². The summed E-state index contributed by atoms with van der Waals surface area (Å²) in [6, 6.07) is 7.75. The Morgan fingerprint density at radius 2 is 1.75 bits per heavy atom. The second-order valence-electron chi connectivity index (χ2n) is 5.67. The number of benzene rings is 2. The maximum absolute atomic E-state index is 13.4. The molecule has 0 radical (unpaired) electrons. The van der Waals surface area contributed by atoms with Crippen molar-refractivity contribution < 1.29 is 27.2 Å². The van der Waals surface area contributed by atoms with Gasteiger partial charge in [-0.3, -0.25) is 10.1 Å². The van der Waals surface area contributed by atoms with Gasteiger partial charge < -0.3 is 9.47 Å². The van der Waals surface area contributed by atoms with Crippen LogP contribution in [0.4, 0.5) is 10.1 Å². The number of nitrogens with zero attached hydrogens (tertiary/aromatic N) is 1. The highest BCUT2D eigenvalue weighted by atomic mass is 32.2. The Hall–Kier alpha value is -2.72. The van der Waals surface area contributed by atoms with Crippen molar-refractivity contribution >= 4 is 15.7 Å². The fourth-order valence-electron chi connectivity index (χ4n) is 2.46. The van der Waals surface area contributed by atoms with Crippen molar-refractivity contribution in [3.05, 3.63) is 57.9 Å². The number of sulfonamides is 1. The topological polar surface area (TPSA) is 108 Å². The maximum Gasteiger partial charge on any atom is 0.306 e. The van der Waals surface area contributed by atoms with Gasteiger partial charge in [-0.05, 0) is 50.1 Å². The molecule has 152 valence electrons. The molecular weight excluding hydrogens is 391 g/mol. The second-order valence-corrected chi connectivity index (χ2v) is 7.43. The quantitative estimate of drug-likeness (QED) is 0.475. The minimum atomic E-state index is -4.02. The summed E-state index contributed by atoms with van der Waals surface area (Å²) in [7, 11) is -4.02. The van der Waals surface area contributed by atoms with Crippen LogP contribution in [0.15, 0.2) is 41.3 Å². The summed E-state index contributed by atoms with van der Waals surface area (Å²) in [6.07, 6.45) is 0.356. The van der Waals surface area contributed by atoms with Gasteiger partial charge >= 0.3 is 5.69 Å². The zero-order chi connectivity index (χ0) is 20.7. The first kappa shape index (κ1) is 21.6. The number of nitro groups is 1. The molecule has 0 spiro atoms. The first-order valence-electron chi connectivity index (χ1n) is 8.60. The van der Waals surface area contributed by atoms with Crippen molar-refractivity contribution in [2.75, 3.05) is 19.8 Å². The largest absolute Gasteiger partial charge is 0.490 e. The molecule has 0 aliphatic carbocycles. The van der Waals surface area contributed by atoms with Crippen molar-refractivity contribution in [3.63, 3.8) is 0 Å². The lowest BCUT2D eigenvalue weighted by Gasteiger charge is -2.13. The molecule has 0 aliphatic heterocycles. The van der Waals surface area contributed by atoms with Crippen molar-refractivity contribution in [1.29, 1.82) is 0 Å². The van der Waals surface area contributed by atoms with Crippen molar-refractivity contribution in [2.45, 2.75) is 25.2 Å². The van der Waals surface area contributed by atoms with Gasteiger partial charge in [-0.1, -0.05) is 6.07 Å². The molecular formula is C18H21FN2O6S. The van der Waals surface area contributed by atoms with E-state index < -0.39 is 26.5 Å². The molecule has 0 heterocycles. The summed E-state index contributed by atoms with van der Waals surface area (Å²) < 4.78 is 51.4. The highest BCUT2D eigenvalue weighted by molar-refractivity contribution is 7.89. The Labute approximate surface area is 162 Å². The van der Waals surface area contributed by atoms with Crippen molar-refractivity contribution in [1.82, 2.24) is 4.72 Å². The lowest BCUT2D eigenvalue weighted by Crippen LogP contribution is -2.26. The van der Waals surface area contributed by atoms with Crippen LogP contribution in [-0.4, -0.2) is 33.1 Å². The van der Waals surface area contributed by atoms with E-state index in [1.165, 1.54) is 0 Å². The summed E-state index contributed by atoms with van der Waals surface area (Å²) in [5.41, 5.74) is -0.0737. The van der Waals surface area contributed by atoms with E-state index in [2.05, 4.69) is 4.72 Å². The molecule has 0 fully saturated rings. The molecule has 10 heteroatoms. The first-order valence-corrected chi connectivity index (χ1v) is 10.1. The van der Waals surface area contributed by atoms with E-state index in [1.54, 1.807) is 18.2 Å². The van der Waals surface area contributed by atoms with Crippen molar-refractivity contribution in [3.8, 4) is 11.5 Å². The molecule has 0 saturated carbocycles. The van der Waals surface area contributed by atoms with E-state index in [9.17, 15) is 22.9 Å². The van der Waals surface area contributed by atoms with Crippen molar-refractivity contribution in [2.24, 2.45) is 0 Å². The summed E-state index contributed by atoms with van der Waals surface area (Å²) in [6.45, 7) is 4.70. The summed E-state index contributed by atoms with van der Waals surface area (Å²) in [5.74, 6) is 0.0768. The summed E-state index contributed by atoms with van der Waals surface area (Å²) >= 11 is 0. The fraction of sp³-hybridized carbons (Fsp3) is 0.333. The Morgan fingerprint density at radius 3 is 2.39 bits per heavy atom. The molecule has 28 heavy (non-hydrogen) atoms. The van der Waals surface area contributed by atoms with E-state index in [4.69, 9.17) is 9.47 Å². The number of hydrogen-bond acceptors (Lipinski definition) is 6. The molecule has 0 amide bonds. The summed E-state index contributed by atoms with van der Waals surface area (Å²) in [5, 5.41) is 10.8. The Morgan fingerprint density at radius 1 is 1.07 bits per heavy atom. The van der Waals surface area contributed by atoms with Crippen LogP contribution < -0.4 is 14.2 Å². The minimum absolute atomic E-state index is 0.0487. The van der Waals surface area contributed by atoms with Crippen LogP contribution in [0.1, 0.15) is 19.4 Å². The predicted octanol–water partition coefficient (Wildman–Crippen LogP) is 3.05. The van der Waals surface area contributed by atoms with Gasteiger partial charge in [0.05, 0.1) is 23.0 Å². The van der Waals surface area contributed by atoms with Crippen LogP contribution in [-0.2, 0) is 16.4 Å². The molecule has 0 bridgehead atoms. The lowest BCUT2D eigenvalue weighted by atomic mass is 10.1. The normalized spacial score (nSPS) is 11.2. The smallest absolute Gasteiger partial charge is 0.306 e. The number of halogens is 1. The SMILES string of the molecule is CCOc1ccc(CCNS(=O)(=O)c2ccc(F)c([N+](=O)[O-])c2)cc1OCC. The zero-order valence-electron chi connectivity index (χ0n) is 15.5. The van der Waals surface area contributed by atoms with Crippen LogP contribution in [0.2, 0.25) is 0 Å². The third kappa shape index (κ3) is 5.40. The molecule has 0 aromatic heterocycles. The molecule has 2 aromatic carbocycles. The molecule has 2 rings (SSSR count). The molecule has 2 aromatic rings. The van der Waals surface area contributed by atoms with Gasteiger partial charge in [0.15, 0.2) is 11.5 Å². The van der Waals surface area contributed by atoms with E-state index in [0.717, 1.165) is 17.7 Å². The summed E-state index contributed by atoms with van der Waals surface area (Å²) in [4.78, 5) is 9.45. The second kappa shape index (κ2) is 9.47. The predicted molar refractivity (Wildman–Crippen MR) is 101 cm³/mol. The fourth-order valence-corrected chi connectivity index (χ4v) is 3.52. The number of ether oxygens (including phenoxy) is 2. The molecule has 1 N–H and O–H groups in total. The van der Waals surface area contributed by atoms with Gasteiger partial charge in [-0.2, -0.15) is 4.39 Å². The van der Waals surface area contributed by atoms with Crippen LogP contribution in [0.25, 0.3) is 0 Å². The lowest BCUT2D eigenvalue weighted by molar-refractivity contribution is -0.387. The Kier molecular flexibility index (Phi) is 7.30. The highest BCUT2D eigenvalue weighted by Crippen LogP contribution is 2.28. The molecule has 0 atom stereocenters. The molecule has 8 nitrogen and oxygen atoms in total. The molecule has 0 saturated heterocycles.